The van der Waals surface area contributed by atoms with E-state index in [0.717, 1.165) is 11.3 Å². The molecule has 1 amide bonds. The second-order valence-corrected chi connectivity index (χ2v) is 6.50. The number of primary amides is 1. The van der Waals surface area contributed by atoms with Crippen LogP contribution < -0.4 is 15.2 Å². The highest BCUT2D eigenvalue weighted by Crippen LogP contribution is 2.27. The SMILES string of the molecule is Cc1ccc(C(C)C)c(OCCOc2cccc(/C=C(/C#N)C(N)=O)c2)c1. The fraction of sp³-hybridized carbons (Fsp3) is 0.273. The van der Waals surface area contributed by atoms with E-state index >= 15 is 0 Å². The highest BCUT2D eigenvalue weighted by molar-refractivity contribution is 6.00. The summed E-state index contributed by atoms with van der Waals surface area (Å²) in [7, 11) is 0. The van der Waals surface area contributed by atoms with Crippen LogP contribution in [0.2, 0.25) is 0 Å². The fourth-order valence-electron chi connectivity index (χ4n) is 2.57. The molecule has 2 aromatic rings. The van der Waals surface area contributed by atoms with E-state index in [2.05, 4.69) is 26.0 Å². The maximum Gasteiger partial charge on any atom is 0.259 e. The molecular formula is C22H24N2O3. The van der Waals surface area contributed by atoms with Crippen LogP contribution in [0.15, 0.2) is 48.0 Å². The largest absolute Gasteiger partial charge is 0.490 e. The maximum absolute atomic E-state index is 11.1. The zero-order valence-corrected chi connectivity index (χ0v) is 15.9. The minimum absolute atomic E-state index is 0.101. The summed E-state index contributed by atoms with van der Waals surface area (Å²) in [5, 5.41) is 8.92. The van der Waals surface area contributed by atoms with Crippen LogP contribution in [0.4, 0.5) is 0 Å². The topological polar surface area (TPSA) is 85.3 Å². The third kappa shape index (κ3) is 5.89. The predicted octanol–water partition coefficient (Wildman–Crippen LogP) is 3.97. The number of hydrogen-bond acceptors (Lipinski definition) is 4. The molecule has 0 bridgehead atoms. The molecule has 0 saturated heterocycles. The number of hydrogen-bond donors (Lipinski definition) is 1. The van der Waals surface area contributed by atoms with E-state index < -0.39 is 5.91 Å². The molecule has 0 radical (unpaired) electrons. The van der Waals surface area contributed by atoms with Crippen molar-refractivity contribution in [2.75, 3.05) is 13.2 Å². The van der Waals surface area contributed by atoms with Crippen molar-refractivity contribution in [3.8, 4) is 17.6 Å². The van der Waals surface area contributed by atoms with Crippen molar-refractivity contribution in [1.82, 2.24) is 0 Å². The number of carbonyl (C=O) groups excluding carboxylic acids is 1. The summed E-state index contributed by atoms with van der Waals surface area (Å²) in [6.45, 7) is 7.09. The van der Waals surface area contributed by atoms with Gasteiger partial charge in [0.15, 0.2) is 0 Å². The van der Waals surface area contributed by atoms with Gasteiger partial charge in [0.25, 0.3) is 5.91 Å². The molecule has 2 aromatic carbocycles. The third-order valence-corrected chi connectivity index (χ3v) is 3.96. The molecule has 0 unspecified atom stereocenters. The molecule has 5 nitrogen and oxygen atoms in total. The van der Waals surface area contributed by atoms with Gasteiger partial charge in [0, 0.05) is 0 Å². The average molecular weight is 364 g/mol. The van der Waals surface area contributed by atoms with Crippen molar-refractivity contribution >= 4 is 12.0 Å². The summed E-state index contributed by atoms with van der Waals surface area (Å²) in [4.78, 5) is 11.1. The Labute approximate surface area is 160 Å². The first-order chi connectivity index (χ1) is 12.9. The number of aryl methyl sites for hydroxylation is 1. The number of rotatable bonds is 8. The zero-order valence-electron chi connectivity index (χ0n) is 15.9. The van der Waals surface area contributed by atoms with Gasteiger partial charge in [-0.1, -0.05) is 38.1 Å². The fourth-order valence-corrected chi connectivity index (χ4v) is 2.57. The van der Waals surface area contributed by atoms with Gasteiger partial charge in [-0.3, -0.25) is 4.79 Å². The minimum atomic E-state index is -0.753. The summed E-state index contributed by atoms with van der Waals surface area (Å²) in [5.74, 6) is 1.13. The van der Waals surface area contributed by atoms with Gasteiger partial charge in [-0.2, -0.15) is 5.26 Å². The van der Waals surface area contributed by atoms with Crippen LogP contribution in [-0.2, 0) is 4.79 Å². The van der Waals surface area contributed by atoms with E-state index in [4.69, 9.17) is 20.5 Å². The molecule has 0 aromatic heterocycles. The Hall–Kier alpha value is -3.26. The number of ether oxygens (including phenoxy) is 2. The van der Waals surface area contributed by atoms with Gasteiger partial charge in [-0.15, -0.1) is 0 Å². The molecule has 0 aliphatic rings. The van der Waals surface area contributed by atoms with Gasteiger partial charge >= 0.3 is 0 Å². The Morgan fingerprint density at radius 1 is 1.19 bits per heavy atom. The molecule has 2 rings (SSSR count). The molecule has 0 atom stereocenters. The number of carbonyl (C=O) groups is 1. The van der Waals surface area contributed by atoms with Crippen LogP contribution in [0.1, 0.15) is 36.5 Å². The molecule has 5 heteroatoms. The lowest BCUT2D eigenvalue weighted by Crippen LogP contribution is -2.12. The first kappa shape index (κ1) is 20.1. The van der Waals surface area contributed by atoms with E-state index in [9.17, 15) is 4.79 Å². The number of benzene rings is 2. The first-order valence-corrected chi connectivity index (χ1v) is 8.78. The number of nitrogens with two attached hydrogens (primary N) is 1. The van der Waals surface area contributed by atoms with Crippen LogP contribution in [0, 0.1) is 18.3 Å². The van der Waals surface area contributed by atoms with Gasteiger partial charge in [-0.05, 0) is 53.8 Å². The molecule has 27 heavy (non-hydrogen) atoms. The van der Waals surface area contributed by atoms with Crippen molar-refractivity contribution in [3.63, 3.8) is 0 Å². The summed E-state index contributed by atoms with van der Waals surface area (Å²) in [6.07, 6.45) is 1.44. The van der Waals surface area contributed by atoms with Gasteiger partial charge in [-0.25, -0.2) is 0 Å². The summed E-state index contributed by atoms with van der Waals surface area (Å²) in [5.41, 5.74) is 8.04. The Morgan fingerprint density at radius 3 is 2.59 bits per heavy atom. The summed E-state index contributed by atoms with van der Waals surface area (Å²) < 4.78 is 11.6. The molecule has 0 spiro atoms. The molecule has 0 fully saturated rings. The Kier molecular flexibility index (Phi) is 7.01. The van der Waals surface area contributed by atoms with Crippen molar-refractivity contribution in [1.29, 1.82) is 5.26 Å². The standard InChI is InChI=1S/C22H24N2O3/c1-15(2)20-8-7-16(3)11-21(20)27-10-9-26-19-6-4-5-17(13-19)12-18(14-23)22(24)25/h4-8,11-13,15H,9-10H2,1-3H3,(H2,24,25)/b18-12-. The third-order valence-electron chi connectivity index (χ3n) is 3.96. The highest BCUT2D eigenvalue weighted by Gasteiger charge is 2.08. The molecule has 0 heterocycles. The quantitative estimate of drug-likeness (QED) is 0.436. The smallest absolute Gasteiger partial charge is 0.259 e. The maximum atomic E-state index is 11.1. The summed E-state index contributed by atoms with van der Waals surface area (Å²) >= 11 is 0. The van der Waals surface area contributed by atoms with Crippen LogP contribution >= 0.6 is 0 Å². The van der Waals surface area contributed by atoms with Gasteiger partial charge < -0.3 is 15.2 Å². The summed E-state index contributed by atoms with van der Waals surface area (Å²) in [6, 6.07) is 15.1. The lowest BCUT2D eigenvalue weighted by Gasteiger charge is -2.15. The molecule has 140 valence electrons. The van der Waals surface area contributed by atoms with Crippen molar-refractivity contribution in [3.05, 3.63) is 64.7 Å². The molecule has 0 saturated carbocycles. The monoisotopic (exact) mass is 364 g/mol. The van der Waals surface area contributed by atoms with Crippen molar-refractivity contribution in [2.45, 2.75) is 26.7 Å². The van der Waals surface area contributed by atoms with Crippen LogP contribution in [0.3, 0.4) is 0 Å². The van der Waals surface area contributed by atoms with Crippen LogP contribution in [0.25, 0.3) is 6.08 Å². The second-order valence-electron chi connectivity index (χ2n) is 6.50. The van der Waals surface area contributed by atoms with Gasteiger partial charge in [0.2, 0.25) is 0 Å². The van der Waals surface area contributed by atoms with Crippen molar-refractivity contribution < 1.29 is 14.3 Å². The minimum Gasteiger partial charge on any atom is -0.490 e. The molecule has 0 aliphatic heterocycles. The Bertz CT molecular complexity index is 879. The average Bonchev–Trinajstić information content (AvgIpc) is 2.63. The normalized spacial score (nSPS) is 11.1. The Morgan fingerprint density at radius 2 is 1.93 bits per heavy atom. The Balaban J connectivity index is 1.97. The molecule has 2 N–H and O–H groups in total. The second kappa shape index (κ2) is 9.44. The highest BCUT2D eigenvalue weighted by atomic mass is 16.5. The number of nitriles is 1. The van der Waals surface area contributed by atoms with E-state index in [1.54, 1.807) is 30.3 Å². The van der Waals surface area contributed by atoms with E-state index in [-0.39, 0.29) is 5.57 Å². The predicted molar refractivity (Wildman–Crippen MR) is 105 cm³/mol. The van der Waals surface area contributed by atoms with Crippen LogP contribution in [0.5, 0.6) is 11.5 Å². The van der Waals surface area contributed by atoms with E-state index in [1.165, 1.54) is 11.6 Å². The number of amides is 1. The zero-order chi connectivity index (χ0) is 19.8. The first-order valence-electron chi connectivity index (χ1n) is 8.78. The van der Waals surface area contributed by atoms with E-state index in [1.807, 2.05) is 13.0 Å². The van der Waals surface area contributed by atoms with Crippen LogP contribution in [-0.4, -0.2) is 19.1 Å². The molecular weight excluding hydrogens is 340 g/mol. The molecule has 0 aliphatic carbocycles. The number of nitrogens with zero attached hydrogens (tertiary/aromatic N) is 1. The van der Waals surface area contributed by atoms with Crippen molar-refractivity contribution in [2.24, 2.45) is 5.73 Å². The van der Waals surface area contributed by atoms with E-state index in [0.29, 0.717) is 30.4 Å². The lowest BCUT2D eigenvalue weighted by molar-refractivity contribution is -0.114. The van der Waals surface area contributed by atoms with Gasteiger partial charge in [0.1, 0.15) is 36.4 Å². The lowest BCUT2D eigenvalue weighted by atomic mass is 10.0. The van der Waals surface area contributed by atoms with Gasteiger partial charge in [0.05, 0.1) is 0 Å².